The van der Waals surface area contributed by atoms with Gasteiger partial charge in [-0.3, -0.25) is 4.90 Å². The predicted octanol–water partition coefficient (Wildman–Crippen LogP) is 4.22. The molecule has 0 aromatic rings. The van der Waals surface area contributed by atoms with Crippen molar-refractivity contribution in [3.8, 4) is 6.07 Å². The number of nitrogens with zero attached hydrogens (tertiary/aromatic N) is 2. The molecule has 1 heterocycles. The fraction of sp³-hybridized carbons (Fsp3) is 0.941. The highest BCUT2D eigenvalue weighted by Crippen LogP contribution is 2.38. The summed E-state index contributed by atoms with van der Waals surface area (Å²) in [6.45, 7) is 8.20. The average Bonchev–Trinajstić information content (AvgIpc) is 2.88. The first-order valence-electron chi connectivity index (χ1n) is 8.32. The maximum atomic E-state index is 9.49. The van der Waals surface area contributed by atoms with Crippen molar-refractivity contribution < 1.29 is 0 Å². The molecular formula is C17H30N2. The van der Waals surface area contributed by atoms with Gasteiger partial charge in [0.1, 0.15) is 0 Å². The van der Waals surface area contributed by atoms with Gasteiger partial charge in [-0.05, 0) is 50.5 Å². The van der Waals surface area contributed by atoms with E-state index in [0.29, 0.717) is 6.04 Å². The van der Waals surface area contributed by atoms with Gasteiger partial charge >= 0.3 is 0 Å². The number of hydrogen-bond donors (Lipinski definition) is 0. The normalized spacial score (nSPS) is 36.6. The summed E-state index contributed by atoms with van der Waals surface area (Å²) in [5.74, 6) is 1.88. The smallest absolute Gasteiger partial charge is 0.0672 e. The van der Waals surface area contributed by atoms with Crippen molar-refractivity contribution in [1.82, 2.24) is 4.90 Å². The van der Waals surface area contributed by atoms with Gasteiger partial charge in [0.05, 0.1) is 12.0 Å². The summed E-state index contributed by atoms with van der Waals surface area (Å²) in [6, 6.07) is 3.88. The fourth-order valence-electron chi connectivity index (χ4n) is 4.36. The van der Waals surface area contributed by atoms with Crippen LogP contribution in [0.2, 0.25) is 0 Å². The first-order chi connectivity index (χ1) is 9.17. The summed E-state index contributed by atoms with van der Waals surface area (Å²) in [5.41, 5.74) is 0. The zero-order chi connectivity index (χ0) is 13.8. The molecule has 19 heavy (non-hydrogen) atoms. The molecule has 0 spiro atoms. The molecule has 0 aromatic carbocycles. The lowest BCUT2D eigenvalue weighted by atomic mass is 9.76. The summed E-state index contributed by atoms with van der Waals surface area (Å²) in [4.78, 5) is 2.71. The fourth-order valence-corrected chi connectivity index (χ4v) is 4.36. The Morgan fingerprint density at radius 2 is 2.05 bits per heavy atom. The Balaban J connectivity index is 2.07. The summed E-state index contributed by atoms with van der Waals surface area (Å²) >= 11 is 0. The third kappa shape index (κ3) is 3.31. The van der Waals surface area contributed by atoms with Crippen molar-refractivity contribution in [2.45, 2.75) is 77.8 Å². The second kappa shape index (κ2) is 6.75. The van der Waals surface area contributed by atoms with Gasteiger partial charge < -0.3 is 0 Å². The van der Waals surface area contributed by atoms with Gasteiger partial charge in [0.2, 0.25) is 0 Å². The van der Waals surface area contributed by atoms with E-state index in [1.165, 1.54) is 45.1 Å². The molecule has 2 aliphatic rings. The molecule has 2 rings (SSSR count). The van der Waals surface area contributed by atoms with Gasteiger partial charge in [0.15, 0.2) is 0 Å². The molecule has 4 unspecified atom stereocenters. The maximum absolute atomic E-state index is 9.49. The Hall–Kier alpha value is -0.550. The highest BCUT2D eigenvalue weighted by Gasteiger charge is 2.39. The molecular weight excluding hydrogens is 232 g/mol. The van der Waals surface area contributed by atoms with Crippen molar-refractivity contribution in [3.63, 3.8) is 0 Å². The van der Waals surface area contributed by atoms with Crippen LogP contribution in [-0.2, 0) is 0 Å². The van der Waals surface area contributed by atoms with E-state index in [9.17, 15) is 5.26 Å². The van der Waals surface area contributed by atoms with E-state index in [1.807, 2.05) is 0 Å². The van der Waals surface area contributed by atoms with Crippen LogP contribution in [0.15, 0.2) is 0 Å². The van der Waals surface area contributed by atoms with Gasteiger partial charge in [-0.1, -0.05) is 33.6 Å². The minimum absolute atomic E-state index is 0.285. The molecule has 0 amide bonds. The summed E-state index contributed by atoms with van der Waals surface area (Å²) in [7, 11) is 0. The number of rotatable bonds is 4. The minimum Gasteiger partial charge on any atom is -0.296 e. The van der Waals surface area contributed by atoms with Crippen LogP contribution in [0.5, 0.6) is 0 Å². The van der Waals surface area contributed by atoms with E-state index in [0.717, 1.165) is 24.3 Å². The van der Waals surface area contributed by atoms with Gasteiger partial charge in [0.25, 0.3) is 0 Å². The molecule has 4 atom stereocenters. The lowest BCUT2D eigenvalue weighted by Crippen LogP contribution is -2.48. The number of hydrogen-bond acceptors (Lipinski definition) is 2. The molecule has 0 N–H and O–H groups in total. The Kier molecular flexibility index (Phi) is 5.28. The first-order valence-corrected chi connectivity index (χ1v) is 8.32. The molecule has 0 bridgehead atoms. The van der Waals surface area contributed by atoms with Crippen LogP contribution in [0.25, 0.3) is 0 Å². The molecule has 0 radical (unpaired) electrons. The second-order valence-electron chi connectivity index (χ2n) is 6.96. The van der Waals surface area contributed by atoms with E-state index in [4.69, 9.17) is 0 Å². The minimum atomic E-state index is 0.285. The molecule has 1 aliphatic heterocycles. The highest BCUT2D eigenvalue weighted by molar-refractivity contribution is 5.00. The molecule has 1 saturated carbocycles. The van der Waals surface area contributed by atoms with Gasteiger partial charge in [0, 0.05) is 12.1 Å². The zero-order valence-electron chi connectivity index (χ0n) is 12.9. The first kappa shape index (κ1) is 14.9. The van der Waals surface area contributed by atoms with E-state index >= 15 is 0 Å². The van der Waals surface area contributed by atoms with E-state index < -0.39 is 0 Å². The number of likely N-dealkylation sites (tertiary alicyclic amines) is 1. The van der Waals surface area contributed by atoms with Crippen LogP contribution in [0.4, 0.5) is 0 Å². The van der Waals surface area contributed by atoms with Crippen molar-refractivity contribution in [2.24, 2.45) is 17.8 Å². The predicted molar refractivity (Wildman–Crippen MR) is 79.7 cm³/mol. The summed E-state index contributed by atoms with van der Waals surface area (Å²) in [5, 5.41) is 9.49. The van der Waals surface area contributed by atoms with Crippen molar-refractivity contribution >= 4 is 0 Å². The quantitative estimate of drug-likeness (QED) is 0.758. The Bertz CT molecular complexity index is 318. The Morgan fingerprint density at radius 3 is 2.68 bits per heavy atom. The lowest BCUT2D eigenvalue weighted by molar-refractivity contribution is 0.0703. The van der Waals surface area contributed by atoms with Crippen molar-refractivity contribution in [1.29, 1.82) is 5.26 Å². The van der Waals surface area contributed by atoms with Gasteiger partial charge in [-0.25, -0.2) is 0 Å². The van der Waals surface area contributed by atoms with Gasteiger partial charge in [-0.15, -0.1) is 0 Å². The van der Waals surface area contributed by atoms with Crippen LogP contribution >= 0.6 is 0 Å². The standard InChI is InChI=1S/C17H30N2/c1-4-6-14-8-9-15(12-18)17(11-14)19-10-5-7-16(19)13(2)3/h13-17H,4-11H2,1-3H3. The lowest BCUT2D eigenvalue weighted by Gasteiger charge is -2.42. The molecule has 2 nitrogen and oxygen atoms in total. The third-order valence-electron chi connectivity index (χ3n) is 5.33. The Labute approximate surface area is 119 Å². The topological polar surface area (TPSA) is 27.0 Å². The van der Waals surface area contributed by atoms with Crippen molar-refractivity contribution in [2.75, 3.05) is 6.54 Å². The molecule has 1 saturated heterocycles. The monoisotopic (exact) mass is 262 g/mol. The van der Waals surface area contributed by atoms with E-state index in [2.05, 4.69) is 31.7 Å². The van der Waals surface area contributed by atoms with E-state index in [1.54, 1.807) is 0 Å². The molecule has 1 aliphatic carbocycles. The van der Waals surface area contributed by atoms with Crippen LogP contribution < -0.4 is 0 Å². The van der Waals surface area contributed by atoms with E-state index in [-0.39, 0.29) is 5.92 Å². The second-order valence-corrected chi connectivity index (χ2v) is 6.96. The zero-order valence-corrected chi connectivity index (χ0v) is 12.9. The van der Waals surface area contributed by atoms with Crippen molar-refractivity contribution in [3.05, 3.63) is 0 Å². The average molecular weight is 262 g/mol. The maximum Gasteiger partial charge on any atom is 0.0672 e. The molecule has 2 fully saturated rings. The molecule has 0 aromatic heterocycles. The van der Waals surface area contributed by atoms with Crippen LogP contribution in [0, 0.1) is 29.1 Å². The largest absolute Gasteiger partial charge is 0.296 e. The third-order valence-corrected chi connectivity index (χ3v) is 5.33. The van der Waals surface area contributed by atoms with Crippen LogP contribution in [0.3, 0.4) is 0 Å². The van der Waals surface area contributed by atoms with Gasteiger partial charge in [-0.2, -0.15) is 5.26 Å². The summed E-state index contributed by atoms with van der Waals surface area (Å²) in [6.07, 6.45) is 9.00. The molecule has 108 valence electrons. The SMILES string of the molecule is CCCC1CCC(C#N)C(N2CCCC2C(C)C)C1. The highest BCUT2D eigenvalue weighted by atomic mass is 15.2. The summed E-state index contributed by atoms with van der Waals surface area (Å²) < 4.78 is 0. The van der Waals surface area contributed by atoms with Crippen LogP contribution in [-0.4, -0.2) is 23.5 Å². The Morgan fingerprint density at radius 1 is 1.26 bits per heavy atom. The number of nitriles is 1. The van der Waals surface area contributed by atoms with Crippen LogP contribution in [0.1, 0.15) is 65.7 Å². The molecule has 2 heteroatoms.